The lowest BCUT2D eigenvalue weighted by Gasteiger charge is -2.26. The molecule has 4 nitrogen and oxygen atoms in total. The molecule has 0 aliphatic heterocycles. The zero-order valence-electron chi connectivity index (χ0n) is 14.8. The van der Waals surface area contributed by atoms with Crippen LogP contribution in [-0.2, 0) is 0 Å². The number of benzene rings is 2. The van der Waals surface area contributed by atoms with Gasteiger partial charge < -0.3 is 9.64 Å². The summed E-state index contributed by atoms with van der Waals surface area (Å²) in [5.74, 6) is 0.268. The van der Waals surface area contributed by atoms with Crippen molar-refractivity contribution in [1.29, 1.82) is 0 Å². The Morgan fingerprint density at radius 2 is 1.88 bits per heavy atom. The van der Waals surface area contributed by atoms with Crippen LogP contribution in [0.1, 0.15) is 29.0 Å². The zero-order valence-corrected chi connectivity index (χ0v) is 15.6. The molecule has 3 rings (SSSR count). The molecule has 1 atom stereocenters. The summed E-state index contributed by atoms with van der Waals surface area (Å²) >= 11 is 1.36. The number of aromatic nitrogens is 1. The molecule has 1 amide bonds. The van der Waals surface area contributed by atoms with E-state index >= 15 is 0 Å². The molecule has 1 aromatic heterocycles. The van der Waals surface area contributed by atoms with E-state index in [1.807, 2.05) is 31.2 Å². The van der Waals surface area contributed by atoms with Gasteiger partial charge in [0.1, 0.15) is 22.3 Å². The third-order valence-corrected chi connectivity index (χ3v) is 5.20. The number of amides is 1. The Kier molecular flexibility index (Phi) is 5.32. The molecule has 0 bridgehead atoms. The summed E-state index contributed by atoms with van der Waals surface area (Å²) in [6, 6.07) is 13.5. The molecule has 26 heavy (non-hydrogen) atoms. The van der Waals surface area contributed by atoms with Crippen LogP contribution in [0.25, 0.3) is 10.6 Å². The number of hydrogen-bond acceptors (Lipinski definition) is 4. The van der Waals surface area contributed by atoms with Gasteiger partial charge in [0, 0.05) is 23.6 Å². The van der Waals surface area contributed by atoms with Crippen molar-refractivity contribution in [3.63, 3.8) is 0 Å². The summed E-state index contributed by atoms with van der Waals surface area (Å²) in [4.78, 5) is 18.9. The van der Waals surface area contributed by atoms with Gasteiger partial charge in [-0.3, -0.25) is 4.79 Å². The van der Waals surface area contributed by atoms with E-state index in [1.165, 1.54) is 23.5 Å². The van der Waals surface area contributed by atoms with Gasteiger partial charge in [-0.2, -0.15) is 0 Å². The second-order valence-corrected chi connectivity index (χ2v) is 6.74. The monoisotopic (exact) mass is 370 g/mol. The summed E-state index contributed by atoms with van der Waals surface area (Å²) in [6.07, 6.45) is 0. The van der Waals surface area contributed by atoms with Crippen LogP contribution >= 0.6 is 11.3 Å². The van der Waals surface area contributed by atoms with Gasteiger partial charge in [0.05, 0.1) is 13.2 Å². The number of halogens is 1. The van der Waals surface area contributed by atoms with E-state index in [1.54, 1.807) is 36.6 Å². The number of rotatable bonds is 5. The van der Waals surface area contributed by atoms with E-state index < -0.39 is 0 Å². The summed E-state index contributed by atoms with van der Waals surface area (Å²) < 4.78 is 18.5. The molecule has 6 heteroatoms. The number of methoxy groups -OCH3 is 1. The van der Waals surface area contributed by atoms with E-state index in [4.69, 9.17) is 4.74 Å². The van der Waals surface area contributed by atoms with Gasteiger partial charge in [-0.25, -0.2) is 9.37 Å². The highest BCUT2D eigenvalue weighted by Gasteiger charge is 2.23. The summed E-state index contributed by atoms with van der Waals surface area (Å²) in [6.45, 7) is 1.95. The summed E-state index contributed by atoms with van der Waals surface area (Å²) in [5.41, 5.74) is 2.09. The lowest BCUT2D eigenvalue weighted by atomic mass is 10.1. The minimum absolute atomic E-state index is 0.172. The second kappa shape index (κ2) is 7.66. The van der Waals surface area contributed by atoms with Crippen molar-refractivity contribution >= 4 is 17.2 Å². The Bertz CT molecular complexity index is 908. The van der Waals surface area contributed by atoms with Crippen molar-refractivity contribution in [2.24, 2.45) is 0 Å². The van der Waals surface area contributed by atoms with Gasteiger partial charge in [-0.05, 0) is 37.3 Å². The fourth-order valence-corrected chi connectivity index (χ4v) is 3.47. The van der Waals surface area contributed by atoms with Crippen LogP contribution in [0.15, 0.2) is 53.9 Å². The Morgan fingerprint density at radius 3 is 2.58 bits per heavy atom. The Balaban J connectivity index is 1.81. The molecular formula is C20H19FN2O2S. The Morgan fingerprint density at radius 1 is 1.19 bits per heavy atom. The molecule has 0 N–H and O–H groups in total. The highest BCUT2D eigenvalue weighted by atomic mass is 32.1. The number of hydrogen-bond donors (Lipinski definition) is 0. The largest absolute Gasteiger partial charge is 0.496 e. The SMILES string of the molecule is COc1ccccc1C(C)N(C)C(=O)c1csc(-c2ccc(F)cc2)n1. The van der Waals surface area contributed by atoms with Crippen molar-refractivity contribution < 1.29 is 13.9 Å². The number of carbonyl (C=O) groups is 1. The first-order valence-electron chi connectivity index (χ1n) is 8.12. The van der Waals surface area contributed by atoms with Gasteiger partial charge in [0.25, 0.3) is 5.91 Å². The Hall–Kier alpha value is -2.73. The van der Waals surface area contributed by atoms with Crippen LogP contribution in [0.5, 0.6) is 5.75 Å². The molecule has 134 valence electrons. The second-order valence-electron chi connectivity index (χ2n) is 5.88. The maximum absolute atomic E-state index is 13.1. The van der Waals surface area contributed by atoms with E-state index in [-0.39, 0.29) is 17.8 Å². The number of para-hydroxylation sites is 1. The van der Waals surface area contributed by atoms with Crippen molar-refractivity contribution in [3.8, 4) is 16.3 Å². The van der Waals surface area contributed by atoms with Gasteiger partial charge in [-0.15, -0.1) is 11.3 Å². The molecule has 0 saturated carbocycles. The smallest absolute Gasteiger partial charge is 0.273 e. The highest BCUT2D eigenvalue weighted by Crippen LogP contribution is 2.30. The molecule has 0 spiro atoms. The molecule has 1 unspecified atom stereocenters. The molecule has 0 radical (unpaired) electrons. The fraction of sp³-hybridized carbons (Fsp3) is 0.200. The Labute approximate surface area is 155 Å². The first-order chi connectivity index (χ1) is 12.5. The lowest BCUT2D eigenvalue weighted by molar-refractivity contribution is 0.0736. The number of thiazole rings is 1. The lowest BCUT2D eigenvalue weighted by Crippen LogP contribution is -2.30. The van der Waals surface area contributed by atoms with Crippen LogP contribution in [-0.4, -0.2) is 29.9 Å². The molecule has 0 fully saturated rings. The van der Waals surface area contributed by atoms with E-state index in [9.17, 15) is 9.18 Å². The molecular weight excluding hydrogens is 351 g/mol. The van der Waals surface area contributed by atoms with Crippen LogP contribution in [0.2, 0.25) is 0 Å². The fourth-order valence-electron chi connectivity index (χ4n) is 2.67. The van der Waals surface area contributed by atoms with Crippen molar-refractivity contribution in [3.05, 3.63) is 71.0 Å². The zero-order chi connectivity index (χ0) is 18.7. The summed E-state index contributed by atoms with van der Waals surface area (Å²) in [7, 11) is 3.36. The molecule has 3 aromatic rings. The third kappa shape index (κ3) is 3.60. The van der Waals surface area contributed by atoms with Crippen LogP contribution in [0, 0.1) is 5.82 Å². The molecule has 0 aliphatic carbocycles. The predicted octanol–water partition coefficient (Wildman–Crippen LogP) is 4.79. The predicted molar refractivity (Wildman–Crippen MR) is 101 cm³/mol. The topological polar surface area (TPSA) is 42.4 Å². The number of carbonyl (C=O) groups excluding carboxylic acids is 1. The normalized spacial score (nSPS) is 11.8. The van der Waals surface area contributed by atoms with Gasteiger partial charge in [0.2, 0.25) is 0 Å². The van der Waals surface area contributed by atoms with Crippen LogP contribution in [0.3, 0.4) is 0 Å². The van der Waals surface area contributed by atoms with Crippen molar-refractivity contribution in [2.75, 3.05) is 14.2 Å². The minimum atomic E-state index is -0.299. The summed E-state index contributed by atoms with van der Waals surface area (Å²) in [5, 5.41) is 2.42. The van der Waals surface area contributed by atoms with E-state index in [0.717, 1.165) is 16.9 Å². The standard InChI is InChI=1S/C20H19FN2O2S/c1-13(16-6-4-5-7-18(16)25-3)23(2)20(24)17-12-26-19(22-17)14-8-10-15(21)11-9-14/h4-13H,1-3H3. The van der Waals surface area contributed by atoms with E-state index in [0.29, 0.717) is 10.7 Å². The van der Waals surface area contributed by atoms with Crippen LogP contribution < -0.4 is 4.74 Å². The average molecular weight is 370 g/mol. The van der Waals surface area contributed by atoms with Gasteiger partial charge >= 0.3 is 0 Å². The molecule has 1 heterocycles. The number of nitrogens with zero attached hydrogens (tertiary/aromatic N) is 2. The van der Waals surface area contributed by atoms with Crippen molar-refractivity contribution in [2.45, 2.75) is 13.0 Å². The van der Waals surface area contributed by atoms with Crippen molar-refractivity contribution in [1.82, 2.24) is 9.88 Å². The molecule has 0 aliphatic rings. The van der Waals surface area contributed by atoms with Gasteiger partial charge in [-0.1, -0.05) is 18.2 Å². The molecule has 0 saturated heterocycles. The maximum Gasteiger partial charge on any atom is 0.273 e. The first-order valence-corrected chi connectivity index (χ1v) is 9.00. The first kappa shape index (κ1) is 18.1. The number of ether oxygens (including phenoxy) is 1. The maximum atomic E-state index is 13.1. The van der Waals surface area contributed by atoms with Gasteiger partial charge in [0.15, 0.2) is 0 Å². The third-order valence-electron chi connectivity index (χ3n) is 4.30. The highest BCUT2D eigenvalue weighted by molar-refractivity contribution is 7.13. The van der Waals surface area contributed by atoms with Crippen LogP contribution in [0.4, 0.5) is 4.39 Å². The average Bonchev–Trinajstić information content (AvgIpc) is 3.17. The van der Waals surface area contributed by atoms with E-state index in [2.05, 4.69) is 4.98 Å². The quantitative estimate of drug-likeness (QED) is 0.648. The molecule has 2 aromatic carbocycles. The minimum Gasteiger partial charge on any atom is -0.496 e.